The number of carbonyl (C=O) groups excluding carboxylic acids is 1. The Morgan fingerprint density at radius 3 is 2.64 bits per heavy atom. The number of ether oxygens (including phenoxy) is 4. The second-order valence-electron chi connectivity index (χ2n) is 7.29. The van der Waals surface area contributed by atoms with Crippen molar-refractivity contribution in [3.63, 3.8) is 0 Å². The van der Waals surface area contributed by atoms with Crippen LogP contribution in [0.25, 0.3) is 10.2 Å². The Labute approximate surface area is 194 Å². The first-order valence-electron chi connectivity index (χ1n) is 10.3. The van der Waals surface area contributed by atoms with Gasteiger partial charge in [-0.3, -0.25) is 14.7 Å². The van der Waals surface area contributed by atoms with Gasteiger partial charge in [-0.25, -0.2) is 4.98 Å². The molecular formula is C24H21N3O5S. The maximum Gasteiger partial charge on any atom is 0.273 e. The summed E-state index contributed by atoms with van der Waals surface area (Å²) >= 11 is 1.36. The molecule has 0 fully saturated rings. The Morgan fingerprint density at radius 1 is 1.09 bits per heavy atom. The third-order valence-corrected chi connectivity index (χ3v) is 6.34. The van der Waals surface area contributed by atoms with E-state index in [4.69, 9.17) is 23.9 Å². The standard InChI is InChI=1S/C24H21N3O5S/c1-29-18-9-10-19(30-2)22-21(18)26-24(33-22)27(13-15-6-5-11-25-12-15)23(28)20-14-31-16-7-3-4-8-17(16)32-20/h3-12,20H,13-14H2,1-2H3. The number of para-hydroxylation sites is 2. The number of nitrogens with zero attached hydrogens (tertiary/aromatic N) is 3. The highest BCUT2D eigenvalue weighted by atomic mass is 32.1. The molecule has 1 aliphatic rings. The van der Waals surface area contributed by atoms with E-state index in [2.05, 4.69) is 4.98 Å². The molecule has 3 heterocycles. The lowest BCUT2D eigenvalue weighted by atomic mass is 10.2. The number of anilines is 1. The van der Waals surface area contributed by atoms with Crippen molar-refractivity contribution in [3.05, 3.63) is 66.5 Å². The number of methoxy groups -OCH3 is 2. The van der Waals surface area contributed by atoms with E-state index >= 15 is 0 Å². The summed E-state index contributed by atoms with van der Waals surface area (Å²) in [6, 6.07) is 14.7. The van der Waals surface area contributed by atoms with Crippen LogP contribution in [0.5, 0.6) is 23.0 Å². The average molecular weight is 464 g/mol. The van der Waals surface area contributed by atoms with Crippen LogP contribution in [0.1, 0.15) is 5.56 Å². The van der Waals surface area contributed by atoms with Gasteiger partial charge >= 0.3 is 0 Å². The van der Waals surface area contributed by atoms with Gasteiger partial charge in [0.2, 0.25) is 6.10 Å². The van der Waals surface area contributed by atoms with Gasteiger partial charge in [0.1, 0.15) is 28.3 Å². The first-order chi connectivity index (χ1) is 16.2. The molecule has 1 atom stereocenters. The number of thiazole rings is 1. The van der Waals surface area contributed by atoms with Gasteiger partial charge in [-0.2, -0.15) is 0 Å². The second-order valence-corrected chi connectivity index (χ2v) is 8.27. The summed E-state index contributed by atoms with van der Waals surface area (Å²) in [5.74, 6) is 2.17. The molecule has 168 valence electrons. The molecule has 5 rings (SSSR count). The number of hydrogen-bond acceptors (Lipinski definition) is 8. The SMILES string of the molecule is COc1ccc(OC)c2sc(N(Cc3cccnc3)C(=O)C3COc4ccccc4O3)nc12. The van der Waals surface area contributed by atoms with Gasteiger partial charge in [0.25, 0.3) is 5.91 Å². The zero-order chi connectivity index (χ0) is 22.8. The topological polar surface area (TPSA) is 83.0 Å². The van der Waals surface area contributed by atoms with E-state index in [-0.39, 0.29) is 19.1 Å². The number of hydrogen-bond donors (Lipinski definition) is 0. The van der Waals surface area contributed by atoms with E-state index in [0.717, 1.165) is 10.3 Å². The highest BCUT2D eigenvalue weighted by molar-refractivity contribution is 7.22. The normalized spacial score (nSPS) is 14.7. The van der Waals surface area contributed by atoms with Crippen LogP contribution < -0.4 is 23.8 Å². The van der Waals surface area contributed by atoms with Crippen LogP contribution in [-0.4, -0.2) is 42.8 Å². The summed E-state index contributed by atoms with van der Waals surface area (Å²) in [5.41, 5.74) is 1.49. The predicted molar refractivity (Wildman–Crippen MR) is 125 cm³/mol. The molecule has 33 heavy (non-hydrogen) atoms. The number of carbonyl (C=O) groups is 1. The molecule has 0 bridgehead atoms. The minimum Gasteiger partial charge on any atom is -0.495 e. The van der Waals surface area contributed by atoms with Gasteiger partial charge in [0, 0.05) is 12.4 Å². The van der Waals surface area contributed by atoms with Gasteiger partial charge in [0.05, 0.1) is 20.8 Å². The quantitative estimate of drug-likeness (QED) is 0.426. The molecule has 1 aliphatic heterocycles. The number of rotatable bonds is 6. The molecule has 4 aromatic rings. The molecule has 2 aromatic carbocycles. The van der Waals surface area contributed by atoms with Crippen LogP contribution in [0.15, 0.2) is 60.9 Å². The Kier molecular flexibility index (Phi) is 5.70. The van der Waals surface area contributed by atoms with Crippen molar-refractivity contribution in [2.45, 2.75) is 12.6 Å². The molecule has 0 saturated heterocycles. The minimum absolute atomic E-state index is 0.108. The molecule has 0 N–H and O–H groups in total. The zero-order valence-corrected chi connectivity index (χ0v) is 18.9. The third-order valence-electron chi connectivity index (χ3n) is 5.24. The van der Waals surface area contributed by atoms with Crippen molar-refractivity contribution in [2.75, 3.05) is 25.7 Å². The summed E-state index contributed by atoms with van der Waals surface area (Å²) in [7, 11) is 3.19. The van der Waals surface area contributed by atoms with Gasteiger partial charge in [0.15, 0.2) is 16.6 Å². The first kappa shape index (κ1) is 21.0. The van der Waals surface area contributed by atoms with Crippen molar-refractivity contribution in [1.29, 1.82) is 0 Å². The third kappa shape index (κ3) is 4.03. The fraction of sp³-hybridized carbons (Fsp3) is 0.208. The van der Waals surface area contributed by atoms with E-state index in [0.29, 0.717) is 33.6 Å². The maximum absolute atomic E-state index is 13.7. The van der Waals surface area contributed by atoms with Crippen molar-refractivity contribution >= 4 is 32.6 Å². The molecule has 1 unspecified atom stereocenters. The molecule has 9 heteroatoms. The molecule has 0 aliphatic carbocycles. The molecule has 8 nitrogen and oxygen atoms in total. The summed E-state index contributed by atoms with van der Waals surface area (Å²) in [4.78, 5) is 24.2. The number of benzene rings is 2. The lowest BCUT2D eigenvalue weighted by Gasteiger charge is -2.29. The smallest absolute Gasteiger partial charge is 0.273 e. The number of aromatic nitrogens is 2. The molecule has 0 radical (unpaired) electrons. The highest BCUT2D eigenvalue weighted by Crippen LogP contribution is 2.41. The van der Waals surface area contributed by atoms with E-state index < -0.39 is 6.10 Å². The number of fused-ring (bicyclic) bond motifs is 2. The maximum atomic E-state index is 13.7. The molecule has 1 amide bonds. The zero-order valence-electron chi connectivity index (χ0n) is 18.1. The summed E-state index contributed by atoms with van der Waals surface area (Å²) < 4.78 is 23.6. The number of pyridine rings is 1. The van der Waals surface area contributed by atoms with Crippen LogP contribution in [0.3, 0.4) is 0 Å². The Balaban J connectivity index is 1.54. The number of amides is 1. The average Bonchev–Trinajstić information content (AvgIpc) is 3.32. The summed E-state index contributed by atoms with van der Waals surface area (Å²) in [6.45, 7) is 0.384. The monoisotopic (exact) mass is 463 g/mol. The van der Waals surface area contributed by atoms with Gasteiger partial charge in [-0.05, 0) is 35.9 Å². The molecule has 0 saturated carbocycles. The predicted octanol–water partition coefficient (Wildman–Crippen LogP) is 4.08. The Hall–Kier alpha value is -3.85. The lowest BCUT2D eigenvalue weighted by Crippen LogP contribution is -2.46. The lowest BCUT2D eigenvalue weighted by molar-refractivity contribution is -0.127. The van der Waals surface area contributed by atoms with Crippen molar-refractivity contribution in [3.8, 4) is 23.0 Å². The van der Waals surface area contributed by atoms with Crippen molar-refractivity contribution < 1.29 is 23.7 Å². The molecular weight excluding hydrogens is 442 g/mol. The highest BCUT2D eigenvalue weighted by Gasteiger charge is 2.34. The fourth-order valence-corrected chi connectivity index (χ4v) is 4.70. The first-order valence-corrected chi connectivity index (χ1v) is 11.1. The van der Waals surface area contributed by atoms with Gasteiger partial charge in [-0.15, -0.1) is 0 Å². The summed E-state index contributed by atoms with van der Waals surface area (Å²) in [5, 5.41) is 0.504. The van der Waals surface area contributed by atoms with Crippen LogP contribution in [0, 0.1) is 0 Å². The Bertz CT molecular complexity index is 1250. The van der Waals surface area contributed by atoms with Crippen molar-refractivity contribution in [1.82, 2.24) is 9.97 Å². The summed E-state index contributed by atoms with van der Waals surface area (Å²) in [6.07, 6.45) is 2.60. The van der Waals surface area contributed by atoms with E-state index in [1.165, 1.54) is 11.3 Å². The van der Waals surface area contributed by atoms with E-state index in [1.54, 1.807) is 43.6 Å². The van der Waals surface area contributed by atoms with E-state index in [9.17, 15) is 4.79 Å². The largest absolute Gasteiger partial charge is 0.495 e. The van der Waals surface area contributed by atoms with Gasteiger partial charge in [-0.1, -0.05) is 29.5 Å². The van der Waals surface area contributed by atoms with Crippen LogP contribution in [0.2, 0.25) is 0 Å². The molecule has 0 spiro atoms. The van der Waals surface area contributed by atoms with Crippen molar-refractivity contribution in [2.24, 2.45) is 0 Å². The minimum atomic E-state index is -0.813. The second kappa shape index (κ2) is 8.95. The van der Waals surface area contributed by atoms with Gasteiger partial charge < -0.3 is 18.9 Å². The molecule has 2 aromatic heterocycles. The van der Waals surface area contributed by atoms with Crippen LogP contribution >= 0.6 is 11.3 Å². The van der Waals surface area contributed by atoms with E-state index in [1.807, 2.05) is 36.4 Å². The van der Waals surface area contributed by atoms with Crippen LogP contribution in [-0.2, 0) is 11.3 Å². The fourth-order valence-electron chi connectivity index (χ4n) is 3.62. The van der Waals surface area contributed by atoms with Crippen LogP contribution in [0.4, 0.5) is 5.13 Å². The Morgan fingerprint density at radius 2 is 1.88 bits per heavy atom.